The van der Waals surface area contributed by atoms with E-state index < -0.39 is 16.4 Å². The number of esters is 1. The summed E-state index contributed by atoms with van der Waals surface area (Å²) in [5, 5.41) is 0. The largest absolute Gasteiger partial charge is 0.456 e. The molecule has 0 heterocycles. The van der Waals surface area contributed by atoms with Gasteiger partial charge in [0.2, 0.25) is 0 Å². The van der Waals surface area contributed by atoms with E-state index in [9.17, 15) is 9.59 Å². The number of carbonyl (C=O) groups is 2. The fourth-order valence-corrected chi connectivity index (χ4v) is 1.90. The third kappa shape index (κ3) is 4.68. The van der Waals surface area contributed by atoms with Gasteiger partial charge in [0.25, 0.3) is 0 Å². The number of rotatable bonds is 6. The monoisotopic (exact) mass is 406 g/mol. The summed E-state index contributed by atoms with van der Waals surface area (Å²) in [5.74, 6) is -0.775. The molecule has 1 rings (SSSR count). The van der Waals surface area contributed by atoms with Crippen molar-refractivity contribution in [2.45, 2.75) is 24.3 Å². The van der Waals surface area contributed by atoms with Gasteiger partial charge in [-0.25, -0.2) is 0 Å². The van der Waals surface area contributed by atoms with Crippen molar-refractivity contribution in [3.63, 3.8) is 0 Å². The van der Waals surface area contributed by atoms with Crippen molar-refractivity contribution in [2.75, 3.05) is 13.7 Å². The van der Waals surface area contributed by atoms with Crippen LogP contribution in [0.3, 0.4) is 0 Å². The van der Waals surface area contributed by atoms with E-state index in [1.807, 2.05) is 0 Å². The maximum absolute atomic E-state index is 11.9. The van der Waals surface area contributed by atoms with Crippen LogP contribution in [-0.4, -0.2) is 35.9 Å². The van der Waals surface area contributed by atoms with Crippen LogP contribution in [-0.2, 0) is 14.3 Å². The number of hydrogen-bond donors (Lipinski definition) is 0. The van der Waals surface area contributed by atoms with Crippen molar-refractivity contribution in [2.24, 2.45) is 0 Å². The molecule has 0 spiro atoms. The first kappa shape index (κ1) is 17.3. The number of alkyl halides is 1. The van der Waals surface area contributed by atoms with Crippen molar-refractivity contribution in [3.8, 4) is 0 Å². The summed E-state index contributed by atoms with van der Waals surface area (Å²) >= 11 is 6.51. The molecule has 20 heavy (non-hydrogen) atoms. The fourth-order valence-electron chi connectivity index (χ4n) is 1.32. The Hall–Kier alpha value is -0.720. The number of carbonyl (C=O) groups excluding carboxylic acids is 2. The molecule has 0 radical (unpaired) electrons. The highest BCUT2D eigenvalue weighted by Crippen LogP contribution is 2.22. The molecule has 0 aliphatic rings. The molecule has 1 atom stereocenters. The first-order chi connectivity index (χ1) is 9.27. The molecule has 0 bridgehead atoms. The van der Waals surface area contributed by atoms with Gasteiger partial charge in [-0.1, -0.05) is 44.0 Å². The van der Waals surface area contributed by atoms with E-state index in [4.69, 9.17) is 9.47 Å². The van der Waals surface area contributed by atoms with Gasteiger partial charge in [-0.15, -0.1) is 0 Å². The number of methoxy groups -OCH3 is 1. The van der Waals surface area contributed by atoms with Crippen molar-refractivity contribution in [1.82, 2.24) is 0 Å². The number of benzene rings is 1. The normalized spacial score (nSPS) is 12.8. The van der Waals surface area contributed by atoms with Crippen LogP contribution < -0.4 is 0 Å². The van der Waals surface area contributed by atoms with Crippen LogP contribution in [0, 0.1) is 0 Å². The lowest BCUT2D eigenvalue weighted by Crippen LogP contribution is -2.40. The Morgan fingerprint density at radius 3 is 2.30 bits per heavy atom. The lowest BCUT2D eigenvalue weighted by atomic mass is 10.1. The number of ketones is 1. The average Bonchev–Trinajstić information content (AvgIpc) is 2.44. The molecule has 6 heteroatoms. The zero-order valence-corrected chi connectivity index (χ0v) is 14.7. The Morgan fingerprint density at radius 1 is 1.25 bits per heavy atom. The summed E-state index contributed by atoms with van der Waals surface area (Å²) in [6, 6.07) is 6.86. The third-order valence-corrected chi connectivity index (χ3v) is 4.86. The maximum Gasteiger partial charge on any atom is 0.323 e. The second kappa shape index (κ2) is 7.33. The standard InChI is InChI=1S/C14H16Br2O4/c1-14(2,19-3)12(16)13(18)20-8-11(17)9-4-6-10(15)7-5-9/h4-7,12H,8H2,1-3H3/t12-/m1/s1. The first-order valence-electron chi connectivity index (χ1n) is 5.92. The van der Waals surface area contributed by atoms with Crippen LogP contribution in [0.5, 0.6) is 0 Å². The predicted octanol–water partition coefficient (Wildman–Crippen LogP) is 3.36. The van der Waals surface area contributed by atoms with Crippen LogP contribution >= 0.6 is 31.9 Å². The van der Waals surface area contributed by atoms with E-state index in [0.29, 0.717) is 5.56 Å². The fraction of sp³-hybridized carbons (Fsp3) is 0.429. The third-order valence-electron chi connectivity index (χ3n) is 2.86. The number of ether oxygens (including phenoxy) is 2. The summed E-state index contributed by atoms with van der Waals surface area (Å²) in [4.78, 5) is 23.1. The zero-order chi connectivity index (χ0) is 15.3. The molecule has 0 fully saturated rings. The second-order valence-corrected chi connectivity index (χ2v) is 6.54. The first-order valence-corrected chi connectivity index (χ1v) is 7.63. The van der Waals surface area contributed by atoms with Crippen molar-refractivity contribution < 1.29 is 19.1 Å². The molecule has 0 saturated heterocycles. The molecule has 0 aliphatic heterocycles. The molecule has 0 saturated carbocycles. The van der Waals surface area contributed by atoms with E-state index in [1.165, 1.54) is 7.11 Å². The second-order valence-electron chi connectivity index (χ2n) is 4.71. The summed E-state index contributed by atoms with van der Waals surface area (Å²) in [5.41, 5.74) is -0.212. The summed E-state index contributed by atoms with van der Waals surface area (Å²) < 4.78 is 11.1. The van der Waals surface area contributed by atoms with Gasteiger partial charge in [0.05, 0.1) is 5.60 Å². The summed E-state index contributed by atoms with van der Waals surface area (Å²) in [6.07, 6.45) is 0. The molecule has 110 valence electrons. The van der Waals surface area contributed by atoms with Gasteiger partial charge in [0.1, 0.15) is 4.83 Å². The molecule has 4 nitrogen and oxygen atoms in total. The van der Waals surface area contributed by atoms with Crippen LogP contribution in [0.1, 0.15) is 24.2 Å². The highest BCUT2D eigenvalue weighted by Gasteiger charge is 2.34. The molecule has 0 N–H and O–H groups in total. The molecule has 1 aromatic carbocycles. The molecule has 1 aromatic rings. The number of Topliss-reactive ketones (excluding diaryl/α,β-unsaturated/α-hetero) is 1. The van der Waals surface area contributed by atoms with Gasteiger partial charge in [0, 0.05) is 17.1 Å². The van der Waals surface area contributed by atoms with Crippen molar-refractivity contribution >= 4 is 43.6 Å². The maximum atomic E-state index is 11.9. The molecule has 0 amide bonds. The zero-order valence-electron chi connectivity index (χ0n) is 11.5. The SMILES string of the molecule is COC(C)(C)[C@H](Br)C(=O)OCC(=O)c1ccc(Br)cc1. The van der Waals surface area contributed by atoms with Gasteiger partial charge >= 0.3 is 5.97 Å². The van der Waals surface area contributed by atoms with Crippen LogP contribution in [0.4, 0.5) is 0 Å². The van der Waals surface area contributed by atoms with Gasteiger partial charge in [-0.2, -0.15) is 0 Å². The Bertz CT molecular complexity index is 482. The minimum atomic E-state index is -0.711. The molecular formula is C14H16Br2O4. The van der Waals surface area contributed by atoms with Crippen molar-refractivity contribution in [3.05, 3.63) is 34.3 Å². The minimum Gasteiger partial charge on any atom is -0.456 e. The van der Waals surface area contributed by atoms with E-state index >= 15 is 0 Å². The predicted molar refractivity (Wildman–Crippen MR) is 83.2 cm³/mol. The molecular weight excluding hydrogens is 392 g/mol. The van der Waals surface area contributed by atoms with Gasteiger partial charge in [-0.3, -0.25) is 9.59 Å². The summed E-state index contributed by atoms with van der Waals surface area (Å²) in [6.45, 7) is 3.22. The van der Waals surface area contributed by atoms with Crippen LogP contribution in [0.15, 0.2) is 28.7 Å². The Kier molecular flexibility index (Phi) is 6.36. The van der Waals surface area contributed by atoms with E-state index in [1.54, 1.807) is 38.1 Å². The summed E-state index contributed by atoms with van der Waals surface area (Å²) in [7, 11) is 1.51. The molecule has 0 aromatic heterocycles. The van der Waals surface area contributed by atoms with E-state index in [2.05, 4.69) is 31.9 Å². The van der Waals surface area contributed by atoms with Gasteiger partial charge < -0.3 is 9.47 Å². The lowest BCUT2D eigenvalue weighted by molar-refractivity contribution is -0.146. The Morgan fingerprint density at radius 2 is 1.80 bits per heavy atom. The minimum absolute atomic E-state index is 0.249. The van der Waals surface area contributed by atoms with E-state index in [-0.39, 0.29) is 12.4 Å². The Balaban J connectivity index is 2.57. The topological polar surface area (TPSA) is 52.6 Å². The highest BCUT2D eigenvalue weighted by atomic mass is 79.9. The van der Waals surface area contributed by atoms with Gasteiger partial charge in [-0.05, 0) is 26.0 Å². The average molecular weight is 408 g/mol. The van der Waals surface area contributed by atoms with E-state index in [0.717, 1.165) is 4.47 Å². The molecule has 0 aliphatic carbocycles. The number of halogens is 2. The van der Waals surface area contributed by atoms with Gasteiger partial charge in [0.15, 0.2) is 12.4 Å². The quantitative estimate of drug-likeness (QED) is 0.412. The van der Waals surface area contributed by atoms with Crippen LogP contribution in [0.2, 0.25) is 0 Å². The van der Waals surface area contributed by atoms with Crippen molar-refractivity contribution in [1.29, 1.82) is 0 Å². The number of hydrogen-bond acceptors (Lipinski definition) is 4. The lowest BCUT2D eigenvalue weighted by Gasteiger charge is -2.27. The smallest absolute Gasteiger partial charge is 0.323 e. The molecule has 0 unspecified atom stereocenters. The highest BCUT2D eigenvalue weighted by molar-refractivity contribution is 9.10. The van der Waals surface area contributed by atoms with Crippen LogP contribution in [0.25, 0.3) is 0 Å². The Labute approximate surface area is 135 Å².